The molecule has 1 aliphatic heterocycles. The predicted octanol–water partition coefficient (Wildman–Crippen LogP) is 8.29. The van der Waals surface area contributed by atoms with Crippen molar-refractivity contribution in [1.29, 1.82) is 0 Å². The second-order valence-electron chi connectivity index (χ2n) is 19.0. The summed E-state index contributed by atoms with van der Waals surface area (Å²) in [4.78, 5) is 0. The van der Waals surface area contributed by atoms with E-state index in [1.165, 1.54) is 42.6 Å². The molecule has 354 valence electrons. The highest BCUT2D eigenvalue weighted by atomic mass is 28.5. The SMILES string of the molecule is c1ccc([Si]2(c3ccccc3)O[Si](c3ccccc3)(c3ccccc3)O[Si](c3ccccc3)(c3cccc([Si](c4ccccc4)(c4ccccc4)c4cccc(-n5c6ccccc6c6ccccc65)c4)c3)O2)cc1. The van der Waals surface area contributed by atoms with Gasteiger partial charge in [-0.3, -0.25) is 0 Å². The van der Waals surface area contributed by atoms with Crippen LogP contribution in [0.4, 0.5) is 0 Å². The number of hydrogen-bond acceptors (Lipinski definition) is 3. The quantitative estimate of drug-likeness (QED) is 0.0967. The molecule has 0 aliphatic carbocycles. The van der Waals surface area contributed by atoms with Gasteiger partial charge in [-0.15, -0.1) is 0 Å². The van der Waals surface area contributed by atoms with Gasteiger partial charge in [0.25, 0.3) is 0 Å². The van der Waals surface area contributed by atoms with Gasteiger partial charge in [-0.05, 0) is 76.1 Å². The summed E-state index contributed by atoms with van der Waals surface area (Å²) in [6.07, 6.45) is 0. The Hall–Kier alpha value is -8.03. The molecular weight excluding hydrogens is 967 g/mol. The van der Waals surface area contributed by atoms with Crippen molar-refractivity contribution in [3.8, 4) is 5.69 Å². The van der Waals surface area contributed by atoms with E-state index in [0.29, 0.717) is 0 Å². The molecule has 0 atom stereocenters. The lowest BCUT2D eigenvalue weighted by atomic mass is 10.2. The summed E-state index contributed by atoms with van der Waals surface area (Å²) in [5, 5.41) is 13.7. The van der Waals surface area contributed by atoms with E-state index in [1.54, 1.807) is 0 Å². The maximum atomic E-state index is 8.42. The van der Waals surface area contributed by atoms with Gasteiger partial charge in [0, 0.05) is 16.5 Å². The van der Waals surface area contributed by atoms with E-state index in [9.17, 15) is 0 Å². The van der Waals surface area contributed by atoms with Gasteiger partial charge in [-0.25, -0.2) is 0 Å². The van der Waals surface area contributed by atoms with Gasteiger partial charge < -0.3 is 16.9 Å². The summed E-state index contributed by atoms with van der Waals surface area (Å²) < 4.78 is 27.5. The Balaban J connectivity index is 1.13. The van der Waals surface area contributed by atoms with Crippen molar-refractivity contribution in [2.24, 2.45) is 0 Å². The van der Waals surface area contributed by atoms with Crippen LogP contribution in [0.25, 0.3) is 27.5 Å². The summed E-state index contributed by atoms with van der Waals surface area (Å²) in [5.41, 5.74) is 3.48. The Labute approximate surface area is 436 Å². The predicted molar refractivity (Wildman–Crippen MR) is 315 cm³/mol. The molecule has 0 radical (unpaired) electrons. The third kappa shape index (κ3) is 7.49. The number of hydrogen-bond donors (Lipinski definition) is 0. The minimum Gasteiger partial charge on any atom is -0.402 e. The normalized spacial score (nSPS) is 14.9. The highest BCUT2D eigenvalue weighted by Crippen LogP contribution is 2.34. The molecule has 74 heavy (non-hydrogen) atoms. The number of aromatic nitrogens is 1. The summed E-state index contributed by atoms with van der Waals surface area (Å²) in [7, 11) is -14.7. The van der Waals surface area contributed by atoms with E-state index in [4.69, 9.17) is 12.3 Å². The first-order valence-corrected chi connectivity index (χ1v) is 32.8. The van der Waals surface area contributed by atoms with Gasteiger partial charge in [0.2, 0.25) is 0 Å². The van der Waals surface area contributed by atoms with Gasteiger partial charge in [0.05, 0.1) is 11.0 Å². The average Bonchev–Trinajstić information content (AvgIpc) is 3.84. The van der Waals surface area contributed by atoms with E-state index in [0.717, 1.165) is 36.8 Å². The first kappa shape index (κ1) is 45.8. The average molecular weight is 1020 g/mol. The Bertz CT molecular complexity index is 3620. The molecule has 0 amide bonds. The zero-order valence-electron chi connectivity index (χ0n) is 40.6. The van der Waals surface area contributed by atoms with Gasteiger partial charge in [-0.1, -0.05) is 285 Å². The highest BCUT2D eigenvalue weighted by molar-refractivity contribution is 7.20. The number of rotatable bonds is 11. The van der Waals surface area contributed by atoms with Gasteiger partial charge >= 0.3 is 25.7 Å². The van der Waals surface area contributed by atoms with Crippen molar-refractivity contribution in [2.75, 3.05) is 0 Å². The lowest BCUT2D eigenvalue weighted by Crippen LogP contribution is -2.88. The largest absolute Gasteiger partial charge is 0.402 e. The van der Waals surface area contributed by atoms with E-state index < -0.39 is 33.8 Å². The molecule has 1 aliphatic rings. The minimum absolute atomic E-state index is 1.02. The molecule has 2 heterocycles. The number of fused-ring (bicyclic) bond motifs is 3. The topological polar surface area (TPSA) is 32.6 Å². The van der Waals surface area contributed by atoms with Crippen LogP contribution in [0.15, 0.2) is 309 Å². The molecule has 11 aromatic carbocycles. The molecule has 0 spiro atoms. The number of nitrogens with zero attached hydrogens (tertiary/aromatic N) is 1. The Morgan fingerprint density at radius 1 is 0.243 bits per heavy atom. The first-order valence-electron chi connectivity index (χ1n) is 25.3. The van der Waals surface area contributed by atoms with Gasteiger partial charge in [0.15, 0.2) is 8.07 Å². The van der Waals surface area contributed by atoms with Crippen LogP contribution < -0.4 is 51.9 Å². The maximum Gasteiger partial charge on any atom is 0.390 e. The van der Waals surface area contributed by atoms with Gasteiger partial charge in [-0.2, -0.15) is 0 Å². The molecule has 1 fully saturated rings. The molecule has 8 heteroatoms. The molecule has 13 rings (SSSR count). The smallest absolute Gasteiger partial charge is 0.390 e. The van der Waals surface area contributed by atoms with E-state index >= 15 is 0 Å². The van der Waals surface area contributed by atoms with Crippen LogP contribution in [0.1, 0.15) is 0 Å². The molecule has 0 saturated carbocycles. The molecule has 1 aromatic heterocycles. The molecular formula is C66H51NO3Si4. The van der Waals surface area contributed by atoms with Crippen molar-refractivity contribution in [1.82, 2.24) is 4.57 Å². The zero-order valence-corrected chi connectivity index (χ0v) is 44.6. The van der Waals surface area contributed by atoms with Crippen LogP contribution in [-0.2, 0) is 12.3 Å². The van der Waals surface area contributed by atoms with E-state index in [1.807, 2.05) is 0 Å². The molecule has 0 N–H and O–H groups in total. The second kappa shape index (κ2) is 19.1. The standard InChI is InChI=1S/C66H51NO3Si4/c1-8-29-53(30-9-1)71(54-31-10-2-11-32-54,60-43-26-28-52(50-60)67-65-48-24-22-46-63(65)64-47-23-25-49-66(64)67)61-44-27-45-62(51-61)74(59-41-20-7-21-42-59)69-72(55-33-12-3-13-34-55,56-35-14-4-15-36-56)68-73(70-74,57-37-16-5-17-38-57)58-39-18-6-19-40-58/h1-51H. The van der Waals surface area contributed by atoms with Crippen molar-refractivity contribution in [3.63, 3.8) is 0 Å². The third-order valence-corrected chi connectivity index (χ3v) is 33.0. The number of benzene rings is 11. The maximum absolute atomic E-state index is 8.42. The molecule has 4 nitrogen and oxygen atoms in total. The molecule has 1 saturated heterocycles. The molecule has 0 bridgehead atoms. The van der Waals surface area contributed by atoms with Crippen LogP contribution in [0.5, 0.6) is 0 Å². The Morgan fingerprint density at radius 3 is 0.919 bits per heavy atom. The van der Waals surface area contributed by atoms with Crippen LogP contribution in [-0.4, -0.2) is 38.3 Å². The zero-order chi connectivity index (χ0) is 49.4. The Kier molecular flexibility index (Phi) is 11.8. The fourth-order valence-electron chi connectivity index (χ4n) is 11.6. The monoisotopic (exact) mass is 1020 g/mol. The fraction of sp³-hybridized carbons (Fsp3) is 0. The molecule has 12 aromatic rings. The van der Waals surface area contributed by atoms with Crippen molar-refractivity contribution in [3.05, 3.63) is 309 Å². The van der Waals surface area contributed by atoms with E-state index in [2.05, 4.69) is 314 Å². The summed E-state index contributed by atoms with van der Waals surface area (Å²) in [5.74, 6) is 0. The summed E-state index contributed by atoms with van der Waals surface area (Å²) in [6, 6.07) is 112. The lowest BCUT2D eigenvalue weighted by molar-refractivity contribution is 0.268. The number of para-hydroxylation sites is 2. The third-order valence-electron chi connectivity index (χ3n) is 14.8. The minimum atomic E-state index is -3.95. The first-order chi connectivity index (χ1) is 36.6. The van der Waals surface area contributed by atoms with Gasteiger partial charge in [0.1, 0.15) is 0 Å². The van der Waals surface area contributed by atoms with E-state index in [-0.39, 0.29) is 0 Å². The van der Waals surface area contributed by atoms with Crippen molar-refractivity contribution < 1.29 is 12.3 Å². The summed E-state index contributed by atoms with van der Waals surface area (Å²) >= 11 is 0. The lowest BCUT2D eigenvalue weighted by Gasteiger charge is -2.53. The van der Waals surface area contributed by atoms with Crippen LogP contribution >= 0.6 is 0 Å². The fourth-order valence-corrected chi connectivity index (χ4v) is 33.5. The Morgan fingerprint density at radius 2 is 0.527 bits per heavy atom. The summed E-state index contributed by atoms with van der Waals surface area (Å²) in [6.45, 7) is 0. The van der Waals surface area contributed by atoms with Crippen LogP contribution in [0, 0.1) is 0 Å². The van der Waals surface area contributed by atoms with Crippen molar-refractivity contribution in [2.45, 2.75) is 0 Å². The second-order valence-corrected chi connectivity index (χ2v) is 32.4. The van der Waals surface area contributed by atoms with Crippen LogP contribution in [0.2, 0.25) is 0 Å². The molecule has 0 unspecified atom stereocenters. The highest BCUT2D eigenvalue weighted by Gasteiger charge is 2.67. The van der Waals surface area contributed by atoms with Crippen LogP contribution in [0.3, 0.4) is 0 Å². The van der Waals surface area contributed by atoms with Crippen molar-refractivity contribution >= 4 is 107 Å².